The average Bonchev–Trinajstić information content (AvgIpc) is 2.79. The number of hydrogen-bond acceptors (Lipinski definition) is 4. The number of sulfone groups is 1. The van der Waals surface area contributed by atoms with Crippen LogP contribution in [0.25, 0.3) is 0 Å². The maximum atomic E-state index is 11.6. The smallest absolute Gasteiger partial charge is 0.151 e. The SMILES string of the molecule is CCS(=O)(=O)CCN1CC2(CCCC2)NCC1C. The minimum atomic E-state index is -2.84. The molecule has 0 aromatic rings. The summed E-state index contributed by atoms with van der Waals surface area (Å²) in [7, 11) is -2.84. The van der Waals surface area contributed by atoms with Crippen LogP contribution in [0, 0.1) is 0 Å². The molecule has 1 aliphatic carbocycles. The highest BCUT2D eigenvalue weighted by Gasteiger charge is 2.39. The van der Waals surface area contributed by atoms with Gasteiger partial charge in [-0.05, 0) is 19.8 Å². The van der Waals surface area contributed by atoms with Gasteiger partial charge in [-0.1, -0.05) is 19.8 Å². The first-order valence-corrected chi connectivity index (χ1v) is 8.98. The van der Waals surface area contributed by atoms with Crippen LogP contribution in [0.4, 0.5) is 0 Å². The normalized spacial score (nSPS) is 28.9. The van der Waals surface area contributed by atoms with E-state index in [2.05, 4.69) is 17.1 Å². The van der Waals surface area contributed by atoms with E-state index < -0.39 is 9.84 Å². The molecule has 4 nitrogen and oxygen atoms in total. The number of piperazine rings is 1. The molecule has 1 spiro atoms. The summed E-state index contributed by atoms with van der Waals surface area (Å²) in [5.74, 6) is 0.572. The molecule has 1 unspecified atom stereocenters. The standard InChI is InChI=1S/C13H26N2O2S/c1-3-18(16,17)9-8-15-11-13(6-4-5-7-13)14-10-12(15)2/h12,14H,3-11H2,1-2H3. The van der Waals surface area contributed by atoms with Gasteiger partial charge in [0.05, 0.1) is 5.75 Å². The first-order valence-electron chi connectivity index (χ1n) is 7.16. The fourth-order valence-electron chi connectivity index (χ4n) is 3.18. The van der Waals surface area contributed by atoms with Crippen molar-refractivity contribution in [1.29, 1.82) is 0 Å². The fraction of sp³-hybridized carbons (Fsp3) is 1.00. The van der Waals surface area contributed by atoms with Gasteiger partial charge in [0.25, 0.3) is 0 Å². The van der Waals surface area contributed by atoms with E-state index in [4.69, 9.17) is 0 Å². The molecule has 0 radical (unpaired) electrons. The van der Waals surface area contributed by atoms with Crippen molar-refractivity contribution in [3.05, 3.63) is 0 Å². The number of nitrogens with zero attached hydrogens (tertiary/aromatic N) is 1. The Bertz CT molecular complexity index is 374. The summed E-state index contributed by atoms with van der Waals surface area (Å²) in [6, 6.07) is 0.447. The van der Waals surface area contributed by atoms with Gasteiger partial charge in [0.1, 0.15) is 0 Å². The molecule has 1 aliphatic heterocycles. The number of rotatable bonds is 4. The van der Waals surface area contributed by atoms with Crippen LogP contribution in [0.1, 0.15) is 39.5 Å². The molecule has 2 rings (SSSR count). The minimum absolute atomic E-state index is 0.263. The third-order valence-electron chi connectivity index (χ3n) is 4.59. The Morgan fingerprint density at radius 2 is 2.00 bits per heavy atom. The number of nitrogens with one attached hydrogen (secondary N) is 1. The Labute approximate surface area is 111 Å². The van der Waals surface area contributed by atoms with E-state index in [0.29, 0.717) is 18.3 Å². The van der Waals surface area contributed by atoms with Crippen molar-refractivity contribution in [3.8, 4) is 0 Å². The summed E-state index contributed by atoms with van der Waals surface area (Å²) >= 11 is 0. The summed E-state index contributed by atoms with van der Waals surface area (Å²) in [6.45, 7) is 6.63. The Morgan fingerprint density at radius 3 is 2.61 bits per heavy atom. The molecule has 5 heteroatoms. The molecule has 0 aromatic heterocycles. The second kappa shape index (κ2) is 5.47. The van der Waals surface area contributed by atoms with Crippen LogP contribution < -0.4 is 5.32 Å². The van der Waals surface area contributed by atoms with Gasteiger partial charge >= 0.3 is 0 Å². The lowest BCUT2D eigenvalue weighted by Crippen LogP contribution is -2.62. The van der Waals surface area contributed by atoms with Gasteiger partial charge in [-0.2, -0.15) is 0 Å². The van der Waals surface area contributed by atoms with Crippen LogP contribution >= 0.6 is 0 Å². The van der Waals surface area contributed by atoms with Gasteiger partial charge in [0.2, 0.25) is 0 Å². The van der Waals surface area contributed by atoms with E-state index >= 15 is 0 Å². The molecule has 0 amide bonds. The van der Waals surface area contributed by atoms with E-state index in [1.165, 1.54) is 25.7 Å². The van der Waals surface area contributed by atoms with Crippen molar-refractivity contribution in [3.63, 3.8) is 0 Å². The molecule has 1 atom stereocenters. The minimum Gasteiger partial charge on any atom is -0.308 e. The monoisotopic (exact) mass is 274 g/mol. The van der Waals surface area contributed by atoms with E-state index in [1.807, 2.05) is 0 Å². The topological polar surface area (TPSA) is 49.4 Å². The second-order valence-electron chi connectivity index (χ2n) is 5.92. The molecule has 2 fully saturated rings. The van der Waals surface area contributed by atoms with Crippen molar-refractivity contribution < 1.29 is 8.42 Å². The molecule has 106 valence electrons. The molecular weight excluding hydrogens is 248 g/mol. The first-order chi connectivity index (χ1) is 8.46. The lowest BCUT2D eigenvalue weighted by atomic mass is 9.93. The summed E-state index contributed by atoms with van der Waals surface area (Å²) in [5.41, 5.74) is 0.280. The van der Waals surface area contributed by atoms with E-state index in [1.54, 1.807) is 6.92 Å². The van der Waals surface area contributed by atoms with E-state index in [-0.39, 0.29) is 11.3 Å². The van der Waals surface area contributed by atoms with Crippen molar-refractivity contribution in [2.24, 2.45) is 0 Å². The quantitative estimate of drug-likeness (QED) is 0.832. The zero-order valence-corrected chi connectivity index (χ0v) is 12.4. The lowest BCUT2D eigenvalue weighted by molar-refractivity contribution is 0.0951. The summed E-state index contributed by atoms with van der Waals surface area (Å²) in [6.07, 6.45) is 5.11. The molecule has 1 saturated heterocycles. The van der Waals surface area contributed by atoms with E-state index in [0.717, 1.165) is 13.1 Å². The van der Waals surface area contributed by atoms with Gasteiger partial charge in [-0.3, -0.25) is 4.90 Å². The Kier molecular flexibility index (Phi) is 4.34. The molecule has 18 heavy (non-hydrogen) atoms. The van der Waals surface area contributed by atoms with Gasteiger partial charge in [0, 0.05) is 37.0 Å². The first kappa shape index (κ1) is 14.3. The van der Waals surface area contributed by atoms with Gasteiger partial charge < -0.3 is 5.32 Å². The molecule has 0 bridgehead atoms. The predicted octanol–water partition coefficient (Wildman–Crippen LogP) is 1.03. The highest BCUT2D eigenvalue weighted by atomic mass is 32.2. The van der Waals surface area contributed by atoms with Crippen LogP contribution in [-0.4, -0.2) is 56.0 Å². The zero-order valence-electron chi connectivity index (χ0n) is 11.6. The van der Waals surface area contributed by atoms with Crippen molar-refractivity contribution >= 4 is 9.84 Å². The van der Waals surface area contributed by atoms with E-state index in [9.17, 15) is 8.42 Å². The van der Waals surface area contributed by atoms with Crippen LogP contribution in [-0.2, 0) is 9.84 Å². The third kappa shape index (κ3) is 3.25. The van der Waals surface area contributed by atoms with Crippen molar-refractivity contribution in [2.45, 2.75) is 51.1 Å². The fourth-order valence-corrected chi connectivity index (χ4v) is 3.98. The summed E-state index contributed by atoms with van der Waals surface area (Å²) in [5, 5.41) is 3.69. The largest absolute Gasteiger partial charge is 0.308 e. The third-order valence-corrected chi connectivity index (χ3v) is 6.28. The maximum Gasteiger partial charge on any atom is 0.151 e. The van der Waals surface area contributed by atoms with Crippen molar-refractivity contribution in [1.82, 2.24) is 10.2 Å². The van der Waals surface area contributed by atoms with Crippen LogP contribution in [0.3, 0.4) is 0 Å². The molecule has 0 aromatic carbocycles. The predicted molar refractivity (Wildman–Crippen MR) is 74.6 cm³/mol. The maximum absolute atomic E-state index is 11.6. The Balaban J connectivity index is 1.94. The molecule has 1 saturated carbocycles. The average molecular weight is 274 g/mol. The number of hydrogen-bond donors (Lipinski definition) is 1. The molecule has 1 heterocycles. The van der Waals surface area contributed by atoms with Gasteiger partial charge in [-0.25, -0.2) is 8.42 Å². The summed E-state index contributed by atoms with van der Waals surface area (Å²) in [4.78, 5) is 2.37. The molecule has 2 aliphatic rings. The summed E-state index contributed by atoms with van der Waals surface area (Å²) < 4.78 is 23.2. The van der Waals surface area contributed by atoms with Gasteiger partial charge in [0.15, 0.2) is 9.84 Å². The highest BCUT2D eigenvalue weighted by Crippen LogP contribution is 2.32. The zero-order chi connectivity index (χ0) is 13.2. The second-order valence-corrected chi connectivity index (χ2v) is 8.40. The highest BCUT2D eigenvalue weighted by molar-refractivity contribution is 7.91. The molecule has 1 N–H and O–H groups in total. The molecular formula is C13H26N2O2S. The van der Waals surface area contributed by atoms with Crippen LogP contribution in [0.2, 0.25) is 0 Å². The van der Waals surface area contributed by atoms with Gasteiger partial charge in [-0.15, -0.1) is 0 Å². The van der Waals surface area contributed by atoms with Crippen molar-refractivity contribution in [2.75, 3.05) is 31.1 Å². The lowest BCUT2D eigenvalue weighted by Gasteiger charge is -2.45. The van der Waals surface area contributed by atoms with Crippen LogP contribution in [0.15, 0.2) is 0 Å². The Morgan fingerprint density at radius 1 is 1.33 bits per heavy atom. The Hall–Kier alpha value is -0.130. The van der Waals surface area contributed by atoms with Crippen LogP contribution in [0.5, 0.6) is 0 Å².